The third-order valence-electron chi connectivity index (χ3n) is 0.954. The van der Waals surface area contributed by atoms with Crippen molar-refractivity contribution < 1.29 is 4.79 Å². The number of carbonyl (C=O) groups is 1. The number of thiazole rings is 1. The fraction of sp³-hybridized carbons (Fsp3) is 0.167. The lowest BCUT2D eigenvalue weighted by atomic mass is 10.5. The first kappa shape index (κ1) is 6.90. The smallest absolute Gasteiger partial charge is 0.230 e. The largest absolute Gasteiger partial charge is 0.370 e. The second-order valence-electron chi connectivity index (χ2n) is 1.62. The van der Waals surface area contributed by atoms with Gasteiger partial charge in [0.1, 0.15) is 6.42 Å². The highest BCUT2D eigenvalue weighted by atomic mass is 32.2. The fourth-order valence-electron chi connectivity index (χ4n) is 0.519. The second-order valence-corrected chi connectivity index (χ2v) is 3.30. The number of hydrogen-bond acceptors (Lipinski definition) is 3. The zero-order valence-corrected chi connectivity index (χ0v) is 5.97. The number of hydrogen-bond donors (Lipinski definition) is 0. The topological polar surface area (TPSA) is 53.8 Å². The quantitative estimate of drug-likeness (QED) is 0.603. The van der Waals surface area contributed by atoms with Gasteiger partial charge in [-0.3, -0.25) is 0 Å². The van der Waals surface area contributed by atoms with Crippen LogP contribution in [0.25, 0.3) is 0 Å². The molecule has 0 aromatic carbocycles. The van der Waals surface area contributed by atoms with Crippen LogP contribution in [-0.2, 0) is 0 Å². The average Bonchev–Trinajstić information content (AvgIpc) is 2.38. The van der Waals surface area contributed by atoms with Crippen LogP contribution in [0.5, 0.6) is 0 Å². The highest BCUT2D eigenvalue weighted by Gasteiger charge is 2.14. The summed E-state index contributed by atoms with van der Waals surface area (Å²) in [6.45, 7) is 0. The molecule has 0 N–H and O–H groups in total. The molecule has 3 nitrogen and oxygen atoms in total. The first-order chi connectivity index (χ1) is 4.84. The van der Waals surface area contributed by atoms with Gasteiger partial charge in [-0.15, -0.1) is 0 Å². The monoisotopic (exact) mass is 153 g/mol. The van der Waals surface area contributed by atoms with Gasteiger partial charge in [0.25, 0.3) is 0 Å². The molecular weight excluding hydrogens is 148 g/mol. The summed E-state index contributed by atoms with van der Waals surface area (Å²) >= 11 is 0. The van der Waals surface area contributed by atoms with E-state index in [2.05, 4.69) is 4.98 Å². The number of carbonyl (C=O) groups excluding carboxylic acids is 1. The molecule has 0 aliphatic heterocycles. The normalized spacial score (nSPS) is 10.5. The Kier molecular flexibility index (Phi) is 2.13. The third kappa shape index (κ3) is 1.39. The Labute approximate surface area is 60.9 Å². The zero-order chi connectivity index (χ0) is 7.40. The molecule has 0 bridgehead atoms. The Hall–Kier alpha value is -1.21. The molecule has 0 saturated heterocycles. The Morgan fingerprint density at radius 3 is 3.10 bits per heavy atom. The van der Waals surface area contributed by atoms with Gasteiger partial charge in [-0.2, -0.15) is 5.26 Å². The molecule has 1 rings (SSSR count). The highest BCUT2D eigenvalue weighted by Crippen LogP contribution is 2.16. The molecule has 1 atom stereocenters. The van der Waals surface area contributed by atoms with E-state index >= 15 is 0 Å². The van der Waals surface area contributed by atoms with Gasteiger partial charge in [0.05, 0.1) is 22.7 Å². The molecule has 0 fully saturated rings. The van der Waals surface area contributed by atoms with E-state index in [-0.39, 0.29) is 11.5 Å². The van der Waals surface area contributed by atoms with Crippen molar-refractivity contribution in [1.29, 1.82) is 5.26 Å². The third-order valence-corrected chi connectivity index (χ3v) is 2.39. The Morgan fingerprint density at radius 2 is 2.60 bits per heavy atom. The predicted molar refractivity (Wildman–Crippen MR) is 37.6 cm³/mol. The minimum Gasteiger partial charge on any atom is -0.230 e. The van der Waals surface area contributed by atoms with Crippen molar-refractivity contribution in [1.82, 2.24) is 4.98 Å². The molecule has 0 aliphatic rings. The van der Waals surface area contributed by atoms with Crippen LogP contribution >= 0.6 is 10.5 Å². The van der Waals surface area contributed by atoms with Gasteiger partial charge in [0.2, 0.25) is 5.51 Å². The molecular formula is C6H5N2OS+. The van der Waals surface area contributed by atoms with Crippen LogP contribution in [0.4, 0.5) is 0 Å². The maximum Gasteiger partial charge on any atom is 0.370 e. The van der Waals surface area contributed by atoms with Crippen LogP contribution in [-0.4, -0.2) is 10.1 Å². The van der Waals surface area contributed by atoms with Gasteiger partial charge in [-0.05, 0) is 0 Å². The maximum absolute atomic E-state index is 10.9. The summed E-state index contributed by atoms with van der Waals surface area (Å²) in [6.07, 6.45) is 1.57. The average molecular weight is 153 g/mol. The molecule has 50 valence electrons. The van der Waals surface area contributed by atoms with Gasteiger partial charge < -0.3 is 0 Å². The Morgan fingerprint density at radius 1 is 1.80 bits per heavy atom. The second kappa shape index (κ2) is 3.08. The molecule has 1 unspecified atom stereocenters. The molecule has 0 aliphatic carbocycles. The first-order valence-electron chi connectivity index (χ1n) is 2.66. The summed E-state index contributed by atoms with van der Waals surface area (Å²) in [6, 6.07) is 1.81. The molecule has 0 spiro atoms. The fourth-order valence-corrected chi connectivity index (χ4v) is 1.49. The predicted octanol–water partition coefficient (Wildman–Crippen LogP) is 1.38. The van der Waals surface area contributed by atoms with Crippen LogP contribution in [0, 0.1) is 11.3 Å². The highest BCUT2D eigenvalue weighted by molar-refractivity contribution is 7.48. The van der Waals surface area contributed by atoms with Gasteiger partial charge in [0, 0.05) is 0 Å². The van der Waals surface area contributed by atoms with Crippen LogP contribution in [0.3, 0.4) is 0 Å². The van der Waals surface area contributed by atoms with E-state index in [9.17, 15) is 4.79 Å². The van der Waals surface area contributed by atoms with Gasteiger partial charge in [0.15, 0.2) is 5.38 Å². The van der Waals surface area contributed by atoms with Crippen LogP contribution in [0.1, 0.15) is 11.2 Å². The lowest BCUT2D eigenvalue weighted by Crippen LogP contribution is -1.84. The number of rotatable bonds is 2. The van der Waals surface area contributed by atoms with Crippen molar-refractivity contribution in [3.8, 4) is 6.07 Å². The number of nitrogens with zero attached hydrogens (tertiary/aromatic N) is 2. The van der Waals surface area contributed by atoms with Gasteiger partial charge in [-0.25, -0.2) is 9.78 Å². The minimum absolute atomic E-state index is 0.0144. The SMILES string of the molecule is N#CCC(=O)[s+]1ccnc1. The van der Waals surface area contributed by atoms with E-state index in [0.717, 1.165) is 0 Å². The van der Waals surface area contributed by atoms with Crippen LogP contribution in [0.2, 0.25) is 0 Å². The maximum atomic E-state index is 10.9. The Bertz CT molecular complexity index is 260. The minimum atomic E-state index is -0.506. The van der Waals surface area contributed by atoms with E-state index in [1.54, 1.807) is 23.2 Å². The molecule has 4 heteroatoms. The molecule has 0 radical (unpaired) electrons. The summed E-state index contributed by atoms with van der Waals surface area (Å²) in [5.41, 5.74) is 1.57. The molecule has 1 aromatic rings. The lowest BCUT2D eigenvalue weighted by Gasteiger charge is -1.74. The molecule has 0 amide bonds. The molecule has 0 saturated carbocycles. The summed E-state index contributed by atoms with van der Waals surface area (Å²) < 4.78 is 0. The van der Waals surface area contributed by atoms with Crippen molar-refractivity contribution in [3.05, 3.63) is 17.1 Å². The van der Waals surface area contributed by atoms with E-state index < -0.39 is 10.5 Å². The van der Waals surface area contributed by atoms with E-state index in [4.69, 9.17) is 5.26 Å². The van der Waals surface area contributed by atoms with Crippen molar-refractivity contribution >= 4 is 15.6 Å². The number of nitriles is 1. The van der Waals surface area contributed by atoms with Gasteiger partial charge in [-0.1, -0.05) is 0 Å². The summed E-state index contributed by atoms with van der Waals surface area (Å²) in [7, 11) is -0.506. The van der Waals surface area contributed by atoms with Crippen LogP contribution < -0.4 is 0 Å². The van der Waals surface area contributed by atoms with E-state index in [1.165, 1.54) is 0 Å². The first-order valence-corrected chi connectivity index (χ1v) is 4.01. The van der Waals surface area contributed by atoms with E-state index in [1.807, 2.05) is 0 Å². The summed E-state index contributed by atoms with van der Waals surface area (Å²) in [5.74, 6) is 0. The molecule has 1 heterocycles. The Balaban J connectivity index is 2.71. The molecule has 1 aromatic heterocycles. The summed E-state index contributed by atoms with van der Waals surface area (Å²) in [4.78, 5) is 14.6. The summed E-state index contributed by atoms with van der Waals surface area (Å²) in [5, 5.41) is 9.81. The van der Waals surface area contributed by atoms with Crippen LogP contribution in [0.15, 0.2) is 17.1 Å². The van der Waals surface area contributed by atoms with Crippen molar-refractivity contribution in [2.24, 2.45) is 0 Å². The number of aromatic nitrogens is 1. The zero-order valence-electron chi connectivity index (χ0n) is 5.15. The standard InChI is InChI=1S/C6H5N2OS/c7-2-1-6(9)10-4-3-8-5-10/h3-5H,1H2/q+1. The molecule has 10 heavy (non-hydrogen) atoms. The van der Waals surface area contributed by atoms with E-state index in [0.29, 0.717) is 0 Å². The van der Waals surface area contributed by atoms with Gasteiger partial charge >= 0.3 is 5.12 Å². The van der Waals surface area contributed by atoms with Crippen molar-refractivity contribution in [3.63, 3.8) is 0 Å². The van der Waals surface area contributed by atoms with Crippen molar-refractivity contribution in [2.75, 3.05) is 0 Å². The van der Waals surface area contributed by atoms with Crippen molar-refractivity contribution in [2.45, 2.75) is 6.42 Å². The lowest BCUT2D eigenvalue weighted by molar-refractivity contribution is 0.105.